The minimum atomic E-state index is 0.362. The number of pyridine rings is 1. The lowest BCUT2D eigenvalue weighted by molar-refractivity contribution is 0.576. The van der Waals surface area contributed by atoms with Crippen LogP contribution < -0.4 is 5.32 Å². The number of nitrogens with one attached hydrogen (secondary N) is 1. The van der Waals surface area contributed by atoms with Gasteiger partial charge in [0.05, 0.1) is 10.7 Å². The van der Waals surface area contributed by atoms with Gasteiger partial charge in [0.1, 0.15) is 0 Å². The third-order valence-corrected chi connectivity index (χ3v) is 4.53. The van der Waals surface area contributed by atoms with Crippen molar-refractivity contribution in [2.75, 3.05) is 6.54 Å². The summed E-state index contributed by atoms with van der Waals surface area (Å²) >= 11 is 1.72. The van der Waals surface area contributed by atoms with Gasteiger partial charge in [-0.3, -0.25) is 4.98 Å². The smallest absolute Gasteiger partial charge is 0.0945 e. The lowest BCUT2D eigenvalue weighted by Gasteiger charge is -2.13. The third kappa shape index (κ3) is 3.78. The fourth-order valence-corrected chi connectivity index (χ4v) is 3.14. The molecule has 4 heteroatoms. The minimum Gasteiger partial charge on any atom is -0.310 e. The zero-order chi connectivity index (χ0) is 15.2. The number of rotatable bonds is 6. The zero-order valence-electron chi connectivity index (χ0n) is 12.6. The molecule has 0 aliphatic carbocycles. The highest BCUT2D eigenvalue weighted by Crippen LogP contribution is 2.21. The van der Waals surface area contributed by atoms with E-state index in [1.807, 2.05) is 18.2 Å². The molecule has 22 heavy (non-hydrogen) atoms. The standard InChI is InChI=1S/C18H19N3S/c1-14(15-5-3-2-4-6-15)20-12-9-18-21-17(13-22-18)16-7-10-19-11-8-16/h2-8,10-11,13-14,20H,9,12H2,1H3. The molecule has 1 aromatic carbocycles. The largest absolute Gasteiger partial charge is 0.310 e. The van der Waals surface area contributed by atoms with E-state index in [2.05, 4.69) is 46.9 Å². The van der Waals surface area contributed by atoms with E-state index in [-0.39, 0.29) is 0 Å². The van der Waals surface area contributed by atoms with Crippen LogP contribution in [0.4, 0.5) is 0 Å². The maximum atomic E-state index is 4.70. The van der Waals surface area contributed by atoms with Crippen molar-refractivity contribution in [1.29, 1.82) is 0 Å². The second kappa shape index (κ2) is 7.29. The summed E-state index contributed by atoms with van der Waals surface area (Å²) in [6, 6.07) is 14.9. The number of hydrogen-bond acceptors (Lipinski definition) is 4. The number of benzene rings is 1. The van der Waals surface area contributed by atoms with Gasteiger partial charge in [-0.1, -0.05) is 30.3 Å². The Morgan fingerprint density at radius 2 is 1.86 bits per heavy atom. The maximum absolute atomic E-state index is 4.70. The molecule has 0 aliphatic heterocycles. The monoisotopic (exact) mass is 309 g/mol. The van der Waals surface area contributed by atoms with E-state index in [4.69, 9.17) is 4.98 Å². The highest BCUT2D eigenvalue weighted by Gasteiger charge is 2.06. The predicted octanol–water partition coefficient (Wildman–Crippen LogP) is 4.10. The van der Waals surface area contributed by atoms with Crippen molar-refractivity contribution in [3.63, 3.8) is 0 Å². The van der Waals surface area contributed by atoms with Crippen LogP contribution in [0.1, 0.15) is 23.5 Å². The number of nitrogens with zero attached hydrogens (tertiary/aromatic N) is 2. The number of thiazole rings is 1. The van der Waals surface area contributed by atoms with Gasteiger partial charge in [-0.25, -0.2) is 4.98 Å². The summed E-state index contributed by atoms with van der Waals surface area (Å²) in [7, 11) is 0. The maximum Gasteiger partial charge on any atom is 0.0945 e. The average molecular weight is 309 g/mol. The molecule has 1 atom stereocenters. The second-order valence-electron chi connectivity index (χ2n) is 5.20. The summed E-state index contributed by atoms with van der Waals surface area (Å²) in [5, 5.41) is 6.84. The van der Waals surface area contributed by atoms with E-state index in [0.29, 0.717) is 6.04 Å². The van der Waals surface area contributed by atoms with Gasteiger partial charge in [-0.2, -0.15) is 0 Å². The van der Waals surface area contributed by atoms with Gasteiger partial charge in [0.2, 0.25) is 0 Å². The first-order valence-corrected chi connectivity index (χ1v) is 8.34. The molecule has 3 nitrogen and oxygen atoms in total. The Kier molecular flexibility index (Phi) is 4.93. The van der Waals surface area contributed by atoms with E-state index < -0.39 is 0 Å². The fourth-order valence-electron chi connectivity index (χ4n) is 2.34. The minimum absolute atomic E-state index is 0.362. The van der Waals surface area contributed by atoms with E-state index in [1.54, 1.807) is 23.7 Å². The van der Waals surface area contributed by atoms with Crippen molar-refractivity contribution < 1.29 is 0 Å². The van der Waals surface area contributed by atoms with Crippen LogP contribution in [-0.4, -0.2) is 16.5 Å². The normalized spacial score (nSPS) is 12.2. The molecule has 0 amide bonds. The van der Waals surface area contributed by atoms with Crippen LogP contribution in [0.3, 0.4) is 0 Å². The Morgan fingerprint density at radius 3 is 2.64 bits per heavy atom. The van der Waals surface area contributed by atoms with Gasteiger partial charge in [-0.15, -0.1) is 11.3 Å². The summed E-state index contributed by atoms with van der Waals surface area (Å²) < 4.78 is 0. The molecular weight excluding hydrogens is 290 g/mol. The molecule has 1 N–H and O–H groups in total. The topological polar surface area (TPSA) is 37.8 Å². The van der Waals surface area contributed by atoms with Crippen LogP contribution in [0.5, 0.6) is 0 Å². The summed E-state index contributed by atoms with van der Waals surface area (Å²) in [4.78, 5) is 8.74. The molecule has 2 aromatic heterocycles. The van der Waals surface area contributed by atoms with E-state index >= 15 is 0 Å². The quantitative estimate of drug-likeness (QED) is 0.745. The lowest BCUT2D eigenvalue weighted by Crippen LogP contribution is -2.21. The highest BCUT2D eigenvalue weighted by molar-refractivity contribution is 7.09. The van der Waals surface area contributed by atoms with E-state index in [9.17, 15) is 0 Å². The molecule has 1 unspecified atom stereocenters. The van der Waals surface area contributed by atoms with E-state index in [0.717, 1.165) is 24.2 Å². The molecule has 3 rings (SSSR count). The van der Waals surface area contributed by atoms with Gasteiger partial charge in [0, 0.05) is 42.3 Å². The Bertz CT molecular complexity index is 695. The van der Waals surface area contributed by atoms with Crippen LogP contribution in [0.15, 0.2) is 60.2 Å². The van der Waals surface area contributed by atoms with Crippen LogP contribution in [0.2, 0.25) is 0 Å². The first kappa shape index (κ1) is 14.9. The average Bonchev–Trinajstić information content (AvgIpc) is 3.05. The molecular formula is C18H19N3S. The van der Waals surface area contributed by atoms with Crippen LogP contribution in [0.25, 0.3) is 11.3 Å². The molecule has 0 spiro atoms. The first-order valence-electron chi connectivity index (χ1n) is 7.46. The van der Waals surface area contributed by atoms with Crippen molar-refractivity contribution >= 4 is 11.3 Å². The van der Waals surface area contributed by atoms with Gasteiger partial charge in [-0.05, 0) is 24.6 Å². The summed E-state index contributed by atoms with van der Waals surface area (Å²) in [6.07, 6.45) is 4.56. The summed E-state index contributed by atoms with van der Waals surface area (Å²) in [6.45, 7) is 3.12. The number of aromatic nitrogens is 2. The Hall–Kier alpha value is -2.04. The fraction of sp³-hybridized carbons (Fsp3) is 0.222. The van der Waals surface area contributed by atoms with Crippen molar-refractivity contribution in [3.05, 3.63) is 70.8 Å². The summed E-state index contributed by atoms with van der Waals surface area (Å²) in [5.41, 5.74) is 3.49. The van der Waals surface area contributed by atoms with Crippen molar-refractivity contribution in [2.24, 2.45) is 0 Å². The molecule has 2 heterocycles. The Balaban J connectivity index is 1.53. The zero-order valence-corrected chi connectivity index (χ0v) is 13.4. The van der Waals surface area contributed by atoms with E-state index in [1.165, 1.54) is 10.6 Å². The van der Waals surface area contributed by atoms with Gasteiger partial charge in [0.15, 0.2) is 0 Å². The van der Waals surface area contributed by atoms with Crippen LogP contribution in [-0.2, 0) is 6.42 Å². The van der Waals surface area contributed by atoms with Crippen LogP contribution in [0, 0.1) is 0 Å². The highest BCUT2D eigenvalue weighted by atomic mass is 32.1. The van der Waals surface area contributed by atoms with Gasteiger partial charge in [0.25, 0.3) is 0 Å². The van der Waals surface area contributed by atoms with Gasteiger partial charge < -0.3 is 5.32 Å². The predicted molar refractivity (Wildman–Crippen MR) is 91.9 cm³/mol. The summed E-state index contributed by atoms with van der Waals surface area (Å²) in [5.74, 6) is 0. The third-order valence-electron chi connectivity index (χ3n) is 3.62. The Labute approximate surface area is 135 Å². The SMILES string of the molecule is CC(NCCc1nc(-c2ccncc2)cs1)c1ccccc1. The van der Waals surface area contributed by atoms with Crippen LogP contribution >= 0.6 is 11.3 Å². The molecule has 0 fully saturated rings. The first-order chi connectivity index (χ1) is 10.8. The molecule has 0 saturated carbocycles. The molecule has 0 saturated heterocycles. The molecule has 0 aliphatic rings. The molecule has 0 bridgehead atoms. The van der Waals surface area contributed by atoms with Crippen molar-refractivity contribution in [2.45, 2.75) is 19.4 Å². The Morgan fingerprint density at radius 1 is 1.09 bits per heavy atom. The van der Waals surface area contributed by atoms with Crippen molar-refractivity contribution in [3.8, 4) is 11.3 Å². The van der Waals surface area contributed by atoms with Crippen molar-refractivity contribution in [1.82, 2.24) is 15.3 Å². The molecule has 112 valence electrons. The molecule has 3 aromatic rings. The number of hydrogen-bond donors (Lipinski definition) is 1. The van der Waals surface area contributed by atoms with Gasteiger partial charge >= 0.3 is 0 Å². The lowest BCUT2D eigenvalue weighted by atomic mass is 10.1. The second-order valence-corrected chi connectivity index (χ2v) is 6.14. The molecule has 0 radical (unpaired) electrons.